The molecule has 2 aromatic carbocycles. The second-order valence-corrected chi connectivity index (χ2v) is 5.95. The molecule has 0 spiro atoms. The van der Waals surface area contributed by atoms with Crippen molar-refractivity contribution < 1.29 is 4.79 Å². The van der Waals surface area contributed by atoms with Crippen LogP contribution in [0.25, 0.3) is 10.9 Å². The maximum atomic E-state index is 12.2. The minimum Gasteiger partial charge on any atom is -0.361 e. The van der Waals surface area contributed by atoms with E-state index in [-0.39, 0.29) is 5.91 Å². The van der Waals surface area contributed by atoms with Gasteiger partial charge in [-0.1, -0.05) is 41.9 Å². The first-order valence-corrected chi connectivity index (χ1v) is 7.84. The van der Waals surface area contributed by atoms with E-state index in [0.717, 1.165) is 22.0 Å². The van der Waals surface area contributed by atoms with Crippen LogP contribution in [0.2, 0.25) is 5.02 Å². The van der Waals surface area contributed by atoms with Crippen LogP contribution < -0.4 is 11.1 Å². The zero-order chi connectivity index (χ0) is 16.2. The largest absolute Gasteiger partial charge is 0.361 e. The standard InChI is InChI=1S/C18H18ClN3O/c19-14-7-5-12(6-8-14)10-22-18(23)16(20)9-13-11-21-17-4-2-1-3-15(13)17/h1-8,11,16,21H,9-10,20H2,(H,22,23)/t16-/m1/s1. The molecule has 1 aromatic heterocycles. The number of nitrogens with one attached hydrogen (secondary N) is 2. The molecule has 0 aliphatic carbocycles. The topological polar surface area (TPSA) is 70.9 Å². The third-order valence-electron chi connectivity index (χ3n) is 3.83. The average Bonchev–Trinajstić information content (AvgIpc) is 2.97. The molecule has 23 heavy (non-hydrogen) atoms. The molecule has 5 heteroatoms. The summed E-state index contributed by atoms with van der Waals surface area (Å²) in [6.07, 6.45) is 2.41. The van der Waals surface area contributed by atoms with E-state index in [0.29, 0.717) is 18.0 Å². The number of amides is 1. The lowest BCUT2D eigenvalue weighted by atomic mass is 10.0. The van der Waals surface area contributed by atoms with Gasteiger partial charge in [-0.25, -0.2) is 0 Å². The van der Waals surface area contributed by atoms with Crippen LogP contribution in [0, 0.1) is 0 Å². The van der Waals surface area contributed by atoms with Crippen molar-refractivity contribution in [2.24, 2.45) is 5.73 Å². The fourth-order valence-electron chi connectivity index (χ4n) is 2.55. The Morgan fingerprint density at radius 2 is 1.91 bits per heavy atom. The number of halogens is 1. The molecule has 3 rings (SSSR count). The molecule has 0 saturated heterocycles. The van der Waals surface area contributed by atoms with Crippen LogP contribution in [-0.4, -0.2) is 16.9 Å². The maximum absolute atomic E-state index is 12.2. The Bertz CT molecular complexity index is 811. The number of fused-ring (bicyclic) bond motifs is 1. The highest BCUT2D eigenvalue weighted by Gasteiger charge is 2.15. The van der Waals surface area contributed by atoms with Gasteiger partial charge in [0.1, 0.15) is 0 Å². The summed E-state index contributed by atoms with van der Waals surface area (Å²) in [5, 5.41) is 4.64. The van der Waals surface area contributed by atoms with Crippen LogP contribution in [0.15, 0.2) is 54.7 Å². The predicted octanol–water partition coefficient (Wildman–Crippen LogP) is 3.01. The van der Waals surface area contributed by atoms with Crippen LogP contribution in [0.1, 0.15) is 11.1 Å². The van der Waals surface area contributed by atoms with Crippen LogP contribution in [0.5, 0.6) is 0 Å². The molecule has 0 radical (unpaired) electrons. The number of aromatic nitrogens is 1. The molecular weight excluding hydrogens is 310 g/mol. The molecule has 0 aliphatic heterocycles. The first-order chi connectivity index (χ1) is 11.1. The van der Waals surface area contributed by atoms with Crippen molar-refractivity contribution >= 4 is 28.4 Å². The summed E-state index contributed by atoms with van der Waals surface area (Å²) < 4.78 is 0. The maximum Gasteiger partial charge on any atom is 0.237 e. The Morgan fingerprint density at radius 3 is 2.70 bits per heavy atom. The zero-order valence-electron chi connectivity index (χ0n) is 12.6. The summed E-state index contributed by atoms with van der Waals surface area (Å²) >= 11 is 5.84. The SMILES string of the molecule is N[C@H](Cc1c[nH]c2ccccc12)C(=O)NCc1ccc(Cl)cc1. The van der Waals surface area contributed by atoms with Crippen molar-refractivity contribution in [2.75, 3.05) is 0 Å². The van der Waals surface area contributed by atoms with Gasteiger partial charge in [0, 0.05) is 28.7 Å². The number of aromatic amines is 1. The highest BCUT2D eigenvalue weighted by atomic mass is 35.5. The van der Waals surface area contributed by atoms with Crippen LogP contribution in [-0.2, 0) is 17.8 Å². The molecule has 0 bridgehead atoms. The number of H-pyrrole nitrogens is 1. The fraction of sp³-hybridized carbons (Fsp3) is 0.167. The molecular formula is C18H18ClN3O. The van der Waals surface area contributed by atoms with Gasteiger partial charge < -0.3 is 16.0 Å². The van der Waals surface area contributed by atoms with Crippen molar-refractivity contribution in [3.63, 3.8) is 0 Å². The van der Waals surface area contributed by atoms with Gasteiger partial charge in [0.25, 0.3) is 0 Å². The van der Waals surface area contributed by atoms with E-state index in [1.807, 2.05) is 42.6 Å². The van der Waals surface area contributed by atoms with Crippen LogP contribution in [0.4, 0.5) is 0 Å². The van der Waals surface area contributed by atoms with Crippen LogP contribution in [0.3, 0.4) is 0 Å². The van der Waals surface area contributed by atoms with Gasteiger partial charge in [0.2, 0.25) is 5.91 Å². The normalized spacial score (nSPS) is 12.3. The summed E-state index contributed by atoms with van der Waals surface area (Å²) in [6, 6.07) is 14.8. The van der Waals surface area contributed by atoms with Gasteiger partial charge in [-0.05, 0) is 35.7 Å². The molecule has 0 fully saturated rings. The minimum absolute atomic E-state index is 0.162. The van der Waals surface area contributed by atoms with E-state index in [9.17, 15) is 4.79 Å². The fourth-order valence-corrected chi connectivity index (χ4v) is 2.68. The second kappa shape index (κ2) is 6.86. The molecule has 1 amide bonds. The molecule has 0 saturated carbocycles. The lowest BCUT2D eigenvalue weighted by Crippen LogP contribution is -2.41. The van der Waals surface area contributed by atoms with Gasteiger partial charge in [-0.15, -0.1) is 0 Å². The third kappa shape index (κ3) is 3.73. The summed E-state index contributed by atoms with van der Waals surface area (Å²) in [7, 11) is 0. The van der Waals surface area contributed by atoms with Gasteiger partial charge in [0.05, 0.1) is 6.04 Å². The van der Waals surface area contributed by atoms with Gasteiger partial charge in [-0.3, -0.25) is 4.79 Å². The van der Waals surface area contributed by atoms with Crippen molar-refractivity contribution in [2.45, 2.75) is 19.0 Å². The number of para-hydroxylation sites is 1. The summed E-state index contributed by atoms with van der Waals surface area (Å²) in [5.41, 5.74) is 9.13. The van der Waals surface area contributed by atoms with E-state index in [1.165, 1.54) is 0 Å². The third-order valence-corrected chi connectivity index (χ3v) is 4.08. The van der Waals surface area contributed by atoms with Crippen molar-refractivity contribution in [3.05, 3.63) is 70.9 Å². The summed E-state index contributed by atoms with van der Waals surface area (Å²) in [6.45, 7) is 0.442. The molecule has 118 valence electrons. The Morgan fingerprint density at radius 1 is 1.17 bits per heavy atom. The van der Waals surface area contributed by atoms with Crippen molar-refractivity contribution in [1.29, 1.82) is 0 Å². The quantitative estimate of drug-likeness (QED) is 0.674. The van der Waals surface area contributed by atoms with E-state index in [4.69, 9.17) is 17.3 Å². The average molecular weight is 328 g/mol. The number of carbonyl (C=O) groups is 1. The Kier molecular flexibility index (Phi) is 4.65. The van der Waals surface area contributed by atoms with E-state index >= 15 is 0 Å². The summed E-state index contributed by atoms with van der Waals surface area (Å²) in [4.78, 5) is 15.4. The molecule has 4 N–H and O–H groups in total. The monoisotopic (exact) mass is 327 g/mol. The highest BCUT2D eigenvalue weighted by molar-refractivity contribution is 6.30. The molecule has 0 unspecified atom stereocenters. The lowest BCUT2D eigenvalue weighted by Gasteiger charge is -2.12. The molecule has 3 aromatic rings. The second-order valence-electron chi connectivity index (χ2n) is 5.51. The Balaban J connectivity index is 1.60. The molecule has 1 heterocycles. The van der Waals surface area contributed by atoms with Gasteiger partial charge in [-0.2, -0.15) is 0 Å². The number of carbonyl (C=O) groups excluding carboxylic acids is 1. The molecule has 0 aliphatic rings. The smallest absolute Gasteiger partial charge is 0.237 e. The first kappa shape index (κ1) is 15.6. The Hall–Kier alpha value is -2.30. The lowest BCUT2D eigenvalue weighted by molar-refractivity contribution is -0.122. The minimum atomic E-state index is -0.582. The first-order valence-electron chi connectivity index (χ1n) is 7.46. The number of hydrogen-bond donors (Lipinski definition) is 3. The van der Waals surface area contributed by atoms with E-state index < -0.39 is 6.04 Å². The van der Waals surface area contributed by atoms with Crippen LogP contribution >= 0.6 is 11.6 Å². The van der Waals surface area contributed by atoms with Gasteiger partial charge >= 0.3 is 0 Å². The van der Waals surface area contributed by atoms with E-state index in [2.05, 4.69) is 10.3 Å². The van der Waals surface area contributed by atoms with Gasteiger partial charge in [0.15, 0.2) is 0 Å². The number of hydrogen-bond acceptors (Lipinski definition) is 2. The Labute approximate surface area is 139 Å². The zero-order valence-corrected chi connectivity index (χ0v) is 13.3. The molecule has 4 nitrogen and oxygen atoms in total. The van der Waals surface area contributed by atoms with E-state index in [1.54, 1.807) is 12.1 Å². The summed E-state index contributed by atoms with van der Waals surface area (Å²) in [5.74, 6) is -0.162. The van der Waals surface area contributed by atoms with Crippen molar-refractivity contribution in [1.82, 2.24) is 10.3 Å². The molecule has 1 atom stereocenters. The predicted molar refractivity (Wildman–Crippen MR) is 93.3 cm³/mol. The number of benzene rings is 2. The highest BCUT2D eigenvalue weighted by Crippen LogP contribution is 2.18. The number of rotatable bonds is 5. The number of nitrogens with two attached hydrogens (primary N) is 1. The van der Waals surface area contributed by atoms with Crippen molar-refractivity contribution in [3.8, 4) is 0 Å².